The van der Waals surface area contributed by atoms with Crippen molar-refractivity contribution < 1.29 is 34.4 Å². The summed E-state index contributed by atoms with van der Waals surface area (Å²) >= 11 is 0. The van der Waals surface area contributed by atoms with E-state index in [-0.39, 0.29) is 6.42 Å². The van der Waals surface area contributed by atoms with Crippen LogP contribution in [0, 0.1) is 12.3 Å². The van der Waals surface area contributed by atoms with E-state index >= 15 is 0 Å². The first-order valence-electron chi connectivity index (χ1n) is 11.1. The van der Waals surface area contributed by atoms with Crippen LogP contribution < -0.4 is 0 Å². The molecule has 0 aromatic carbocycles. The van der Waals surface area contributed by atoms with Gasteiger partial charge in [-0.3, -0.25) is 4.79 Å². The molecular formula is C23H36O7. The van der Waals surface area contributed by atoms with Crippen LogP contribution in [0.15, 0.2) is 11.5 Å². The zero-order valence-electron chi connectivity index (χ0n) is 17.8. The van der Waals surface area contributed by atoms with Gasteiger partial charge < -0.3 is 24.8 Å². The molecule has 1 aliphatic rings. The van der Waals surface area contributed by atoms with Gasteiger partial charge in [0.2, 0.25) is 5.76 Å². The van der Waals surface area contributed by atoms with Crippen molar-refractivity contribution in [1.29, 1.82) is 0 Å². The van der Waals surface area contributed by atoms with Crippen LogP contribution >= 0.6 is 0 Å². The van der Waals surface area contributed by atoms with Crippen molar-refractivity contribution in [3.05, 3.63) is 11.5 Å². The number of aliphatic hydroxyl groups excluding tert-OH is 3. The normalized spacial score (nSPS) is 16.9. The topological polar surface area (TPSA) is 113 Å². The molecule has 0 unspecified atom stereocenters. The van der Waals surface area contributed by atoms with E-state index < -0.39 is 42.3 Å². The van der Waals surface area contributed by atoms with Crippen LogP contribution in [0.5, 0.6) is 0 Å². The highest BCUT2D eigenvalue weighted by atomic mass is 16.6. The number of hydrogen-bond acceptors (Lipinski definition) is 7. The second-order valence-corrected chi connectivity index (χ2v) is 7.76. The van der Waals surface area contributed by atoms with Gasteiger partial charge in [-0.2, -0.15) is 0 Å². The van der Waals surface area contributed by atoms with Gasteiger partial charge in [0.05, 0.1) is 0 Å². The Morgan fingerprint density at radius 3 is 1.93 bits per heavy atom. The molecule has 30 heavy (non-hydrogen) atoms. The molecule has 0 fully saturated rings. The van der Waals surface area contributed by atoms with Gasteiger partial charge in [0.1, 0.15) is 12.7 Å². The lowest BCUT2D eigenvalue weighted by Gasteiger charge is -2.17. The Kier molecular flexibility index (Phi) is 13.4. The molecule has 0 spiro atoms. The maximum atomic E-state index is 11.7. The third kappa shape index (κ3) is 10.5. The Bertz CT molecular complexity index is 591. The summed E-state index contributed by atoms with van der Waals surface area (Å²) in [4.78, 5) is 22.8. The molecule has 0 aromatic heterocycles. The molecule has 0 amide bonds. The second kappa shape index (κ2) is 15.6. The molecule has 0 aromatic rings. The Morgan fingerprint density at radius 2 is 1.47 bits per heavy atom. The average molecular weight is 425 g/mol. The monoisotopic (exact) mass is 424 g/mol. The number of rotatable bonds is 17. The molecule has 0 bridgehead atoms. The van der Waals surface area contributed by atoms with Crippen molar-refractivity contribution in [2.24, 2.45) is 0 Å². The number of cyclic esters (lactones) is 1. The lowest BCUT2D eigenvalue weighted by Crippen LogP contribution is -2.33. The molecule has 7 heteroatoms. The smallest absolute Gasteiger partial charge is 0.377 e. The van der Waals surface area contributed by atoms with Gasteiger partial charge in [0.25, 0.3) is 0 Å². The maximum absolute atomic E-state index is 11.7. The summed E-state index contributed by atoms with van der Waals surface area (Å²) in [5, 5.41) is 28.5. The van der Waals surface area contributed by atoms with Gasteiger partial charge in [0.15, 0.2) is 11.9 Å². The van der Waals surface area contributed by atoms with Crippen LogP contribution in [-0.4, -0.2) is 46.1 Å². The zero-order chi connectivity index (χ0) is 22.2. The molecular weight excluding hydrogens is 388 g/mol. The first-order valence-corrected chi connectivity index (χ1v) is 11.1. The lowest BCUT2D eigenvalue weighted by atomic mass is 10.0. The molecule has 2 atom stereocenters. The quantitative estimate of drug-likeness (QED) is 0.182. The van der Waals surface area contributed by atoms with Crippen molar-refractivity contribution >= 4 is 11.9 Å². The van der Waals surface area contributed by atoms with Crippen molar-refractivity contribution in [2.75, 3.05) is 6.61 Å². The van der Waals surface area contributed by atoms with Crippen LogP contribution in [0.3, 0.4) is 0 Å². The van der Waals surface area contributed by atoms with Crippen molar-refractivity contribution in [1.82, 2.24) is 0 Å². The SMILES string of the molecule is C#CCCCCCCCCCCCCCCC(=O)OC[C@H](O)[C@H]1OC(=O)C(O)=C1O. The van der Waals surface area contributed by atoms with Crippen LogP contribution in [0.2, 0.25) is 0 Å². The lowest BCUT2D eigenvalue weighted by molar-refractivity contribution is -0.154. The van der Waals surface area contributed by atoms with E-state index in [4.69, 9.17) is 11.2 Å². The van der Waals surface area contributed by atoms with E-state index in [1.807, 2.05) is 0 Å². The molecule has 1 heterocycles. The molecule has 3 N–H and O–H groups in total. The Morgan fingerprint density at radius 1 is 0.967 bits per heavy atom. The summed E-state index contributed by atoms with van der Waals surface area (Å²) in [6, 6.07) is 0. The number of carbonyl (C=O) groups excluding carboxylic acids is 2. The van der Waals surface area contributed by atoms with E-state index in [2.05, 4.69) is 10.7 Å². The van der Waals surface area contributed by atoms with E-state index in [1.54, 1.807) is 0 Å². The minimum atomic E-state index is -1.43. The number of ether oxygens (including phenoxy) is 2. The third-order valence-electron chi connectivity index (χ3n) is 5.16. The van der Waals surface area contributed by atoms with Crippen LogP contribution in [0.4, 0.5) is 0 Å². The summed E-state index contributed by atoms with van der Waals surface area (Å²) in [5.41, 5.74) is 0. The summed E-state index contributed by atoms with van der Waals surface area (Å²) in [7, 11) is 0. The highest BCUT2D eigenvalue weighted by molar-refractivity contribution is 5.89. The van der Waals surface area contributed by atoms with Crippen molar-refractivity contribution in [3.8, 4) is 12.3 Å². The fourth-order valence-electron chi connectivity index (χ4n) is 3.33. The minimum Gasteiger partial charge on any atom is -0.505 e. The number of hydrogen-bond donors (Lipinski definition) is 3. The largest absolute Gasteiger partial charge is 0.505 e. The van der Waals surface area contributed by atoms with E-state index in [9.17, 15) is 24.9 Å². The van der Waals surface area contributed by atoms with E-state index in [0.29, 0.717) is 0 Å². The number of esters is 2. The number of unbranched alkanes of at least 4 members (excludes halogenated alkanes) is 12. The highest BCUT2D eigenvalue weighted by Gasteiger charge is 2.39. The average Bonchev–Trinajstić information content (AvgIpc) is 2.99. The Hall–Kier alpha value is -2.20. The fourth-order valence-corrected chi connectivity index (χ4v) is 3.33. The minimum absolute atomic E-state index is 0.254. The van der Waals surface area contributed by atoms with Gasteiger partial charge in [-0.25, -0.2) is 4.79 Å². The Labute approximate surface area is 179 Å². The summed E-state index contributed by atoms with van der Waals surface area (Å²) in [6.45, 7) is -0.419. The van der Waals surface area contributed by atoms with Crippen LogP contribution in [0.1, 0.15) is 89.9 Å². The molecule has 7 nitrogen and oxygen atoms in total. The molecule has 0 saturated carbocycles. The highest BCUT2D eigenvalue weighted by Crippen LogP contribution is 2.21. The zero-order valence-corrected chi connectivity index (χ0v) is 17.8. The van der Waals surface area contributed by atoms with Gasteiger partial charge in [0, 0.05) is 12.8 Å². The summed E-state index contributed by atoms with van der Waals surface area (Å²) in [5.74, 6) is -0.568. The molecule has 0 radical (unpaired) electrons. The summed E-state index contributed by atoms with van der Waals surface area (Å²) in [6.07, 6.45) is 17.5. The Balaban J connectivity index is 1.91. The predicted molar refractivity (Wildman–Crippen MR) is 113 cm³/mol. The van der Waals surface area contributed by atoms with Crippen LogP contribution in [-0.2, 0) is 19.1 Å². The van der Waals surface area contributed by atoms with E-state index in [1.165, 1.54) is 44.9 Å². The molecule has 1 aliphatic heterocycles. The molecule has 1 rings (SSSR count). The first kappa shape index (κ1) is 25.8. The standard InChI is InChI=1S/C23H36O7/c1-2-3-4-5-6-7-8-9-10-11-12-13-14-15-16-19(25)29-17-18(24)22-20(26)21(27)23(28)30-22/h1,18,22,24,26-27H,3-17H2/t18-,22+/m0/s1. The predicted octanol–water partition coefficient (Wildman–Crippen LogP) is 4.24. The molecule has 0 aliphatic carbocycles. The molecule has 0 saturated heterocycles. The van der Waals surface area contributed by atoms with E-state index in [0.717, 1.165) is 38.5 Å². The van der Waals surface area contributed by atoms with Crippen LogP contribution in [0.25, 0.3) is 0 Å². The first-order chi connectivity index (χ1) is 14.5. The molecule has 170 valence electrons. The third-order valence-corrected chi connectivity index (χ3v) is 5.16. The van der Waals surface area contributed by atoms with Gasteiger partial charge in [-0.1, -0.05) is 64.2 Å². The number of terminal acetylenes is 1. The number of aliphatic hydroxyl groups is 3. The fraction of sp³-hybridized carbons (Fsp3) is 0.739. The summed E-state index contributed by atoms with van der Waals surface area (Å²) < 4.78 is 9.55. The van der Waals surface area contributed by atoms with Crippen molar-refractivity contribution in [2.45, 2.75) is 102 Å². The van der Waals surface area contributed by atoms with Gasteiger partial charge in [-0.15, -0.1) is 12.3 Å². The second-order valence-electron chi connectivity index (χ2n) is 7.76. The number of carbonyl (C=O) groups is 2. The van der Waals surface area contributed by atoms with Gasteiger partial charge in [-0.05, 0) is 12.8 Å². The maximum Gasteiger partial charge on any atom is 0.377 e. The van der Waals surface area contributed by atoms with Gasteiger partial charge >= 0.3 is 11.9 Å². The van der Waals surface area contributed by atoms with Crippen molar-refractivity contribution in [3.63, 3.8) is 0 Å².